The molecule has 3 aromatic rings. The number of aryl methyl sites for hydroxylation is 1. The highest BCUT2D eigenvalue weighted by atomic mass is 32.2. The molecule has 0 saturated heterocycles. The number of carbonyl (C=O) groups excluding carboxylic acids is 1. The fraction of sp³-hybridized carbons (Fsp3) is 0.105. The maximum absolute atomic E-state index is 11.3. The van der Waals surface area contributed by atoms with Crippen molar-refractivity contribution in [2.75, 3.05) is 0 Å². The molecule has 3 heteroatoms. The lowest BCUT2D eigenvalue weighted by Crippen LogP contribution is -2.02. The normalized spacial score (nSPS) is 16.0. The molecule has 1 nitrogen and oxygen atoms in total. The molecule has 2 aromatic carbocycles. The fourth-order valence-electron chi connectivity index (χ4n) is 2.88. The van der Waals surface area contributed by atoms with Crippen molar-refractivity contribution >= 4 is 29.4 Å². The molecule has 0 N–H and O–H groups in total. The smallest absolute Gasteiger partial charge is 0.160 e. The van der Waals surface area contributed by atoms with Crippen molar-refractivity contribution in [1.82, 2.24) is 0 Å². The Labute approximate surface area is 138 Å². The molecule has 108 valence electrons. The van der Waals surface area contributed by atoms with Gasteiger partial charge in [-0.2, -0.15) is 0 Å². The van der Waals surface area contributed by atoms with E-state index >= 15 is 0 Å². The third-order valence-electron chi connectivity index (χ3n) is 3.91. The summed E-state index contributed by atoms with van der Waals surface area (Å²) in [7, 11) is 0. The molecule has 0 saturated carbocycles. The van der Waals surface area contributed by atoms with E-state index in [9.17, 15) is 4.79 Å². The number of thioether (sulfide) groups is 1. The molecular formula is C19H14OS2. The highest BCUT2D eigenvalue weighted by Gasteiger charge is 2.28. The Morgan fingerprint density at radius 1 is 1.05 bits per heavy atom. The quantitative estimate of drug-likeness (QED) is 0.560. The van der Waals surface area contributed by atoms with Gasteiger partial charge in [-0.15, -0.1) is 23.1 Å². The molecule has 0 aliphatic carbocycles. The highest BCUT2D eigenvalue weighted by molar-refractivity contribution is 8.00. The van der Waals surface area contributed by atoms with E-state index in [0.29, 0.717) is 0 Å². The summed E-state index contributed by atoms with van der Waals surface area (Å²) in [4.78, 5) is 14.6. The Kier molecular flexibility index (Phi) is 3.40. The SMILES string of the molecule is Cc1ccc2c(c1)-c1sc(C=O)cc1C(c1ccccc1)S2. The zero-order valence-electron chi connectivity index (χ0n) is 12.1. The second-order valence-electron chi connectivity index (χ2n) is 5.46. The van der Waals surface area contributed by atoms with E-state index in [2.05, 4.69) is 55.5 Å². The van der Waals surface area contributed by atoms with Crippen LogP contribution in [0.5, 0.6) is 0 Å². The van der Waals surface area contributed by atoms with E-state index in [0.717, 1.165) is 11.2 Å². The second kappa shape index (κ2) is 5.41. The van der Waals surface area contributed by atoms with Crippen LogP contribution in [0.4, 0.5) is 0 Å². The lowest BCUT2D eigenvalue weighted by molar-refractivity contribution is 0.112. The third kappa shape index (κ3) is 2.21. The molecule has 2 heterocycles. The molecule has 1 aliphatic heterocycles. The van der Waals surface area contributed by atoms with Crippen molar-refractivity contribution in [3.05, 3.63) is 76.2 Å². The first kappa shape index (κ1) is 13.8. The molecule has 0 spiro atoms. The van der Waals surface area contributed by atoms with Crippen molar-refractivity contribution in [3.63, 3.8) is 0 Å². The van der Waals surface area contributed by atoms with Crippen LogP contribution in [-0.4, -0.2) is 6.29 Å². The summed E-state index contributed by atoms with van der Waals surface area (Å²) in [5.41, 5.74) is 5.08. The number of hydrogen-bond acceptors (Lipinski definition) is 3. The molecule has 0 amide bonds. The van der Waals surface area contributed by atoms with Gasteiger partial charge in [-0.25, -0.2) is 0 Å². The number of rotatable bonds is 2. The van der Waals surface area contributed by atoms with E-state index in [-0.39, 0.29) is 5.25 Å². The maximum Gasteiger partial charge on any atom is 0.160 e. The lowest BCUT2D eigenvalue weighted by Gasteiger charge is -2.25. The zero-order valence-corrected chi connectivity index (χ0v) is 13.7. The van der Waals surface area contributed by atoms with E-state index in [1.807, 2.05) is 17.8 Å². The van der Waals surface area contributed by atoms with Gasteiger partial charge in [0.15, 0.2) is 6.29 Å². The first-order chi connectivity index (χ1) is 10.8. The van der Waals surface area contributed by atoms with E-state index < -0.39 is 0 Å². The first-order valence-electron chi connectivity index (χ1n) is 7.18. The largest absolute Gasteiger partial charge is 0.297 e. The first-order valence-corrected chi connectivity index (χ1v) is 8.87. The van der Waals surface area contributed by atoms with Gasteiger partial charge in [-0.1, -0.05) is 42.0 Å². The molecule has 1 unspecified atom stereocenters. The second-order valence-corrected chi connectivity index (χ2v) is 7.69. The van der Waals surface area contributed by atoms with Crippen LogP contribution in [0.25, 0.3) is 10.4 Å². The zero-order chi connectivity index (χ0) is 15.1. The summed E-state index contributed by atoms with van der Waals surface area (Å²) in [6, 6.07) is 19.2. The average molecular weight is 322 g/mol. The number of hydrogen-bond donors (Lipinski definition) is 0. The van der Waals surface area contributed by atoms with Gasteiger partial charge in [-0.3, -0.25) is 4.79 Å². The van der Waals surface area contributed by atoms with Crippen LogP contribution < -0.4 is 0 Å². The molecule has 0 radical (unpaired) electrons. The van der Waals surface area contributed by atoms with Crippen LogP contribution in [0.15, 0.2) is 59.5 Å². The minimum Gasteiger partial charge on any atom is -0.297 e. The Hall–Kier alpha value is -1.84. The minimum atomic E-state index is 0.261. The molecule has 1 aromatic heterocycles. The molecule has 1 atom stereocenters. The minimum absolute atomic E-state index is 0.261. The maximum atomic E-state index is 11.3. The predicted octanol–water partition coefficient (Wildman–Crippen LogP) is 5.73. The highest BCUT2D eigenvalue weighted by Crippen LogP contribution is 2.54. The van der Waals surface area contributed by atoms with Crippen molar-refractivity contribution in [2.24, 2.45) is 0 Å². The van der Waals surface area contributed by atoms with Gasteiger partial charge in [0.2, 0.25) is 0 Å². The number of thiophene rings is 1. The summed E-state index contributed by atoms with van der Waals surface area (Å²) < 4.78 is 0. The third-order valence-corrected chi connectivity index (χ3v) is 6.39. The van der Waals surface area contributed by atoms with E-state index in [1.54, 1.807) is 11.3 Å². The van der Waals surface area contributed by atoms with Gasteiger partial charge in [0, 0.05) is 15.3 Å². The van der Waals surface area contributed by atoms with Gasteiger partial charge in [-0.05, 0) is 36.2 Å². The molecule has 4 rings (SSSR count). The molecule has 0 bridgehead atoms. The average Bonchev–Trinajstić information content (AvgIpc) is 3.00. The Morgan fingerprint density at radius 3 is 2.64 bits per heavy atom. The Morgan fingerprint density at radius 2 is 1.86 bits per heavy atom. The van der Waals surface area contributed by atoms with Gasteiger partial charge < -0.3 is 0 Å². The molecular weight excluding hydrogens is 308 g/mol. The van der Waals surface area contributed by atoms with Crippen molar-refractivity contribution in [3.8, 4) is 10.4 Å². The van der Waals surface area contributed by atoms with Crippen molar-refractivity contribution in [2.45, 2.75) is 17.1 Å². The van der Waals surface area contributed by atoms with Crippen LogP contribution in [0, 0.1) is 6.92 Å². The van der Waals surface area contributed by atoms with Gasteiger partial charge in [0.1, 0.15) is 0 Å². The van der Waals surface area contributed by atoms with Crippen LogP contribution in [-0.2, 0) is 0 Å². The van der Waals surface area contributed by atoms with E-state index in [1.165, 1.54) is 32.0 Å². The summed E-state index contributed by atoms with van der Waals surface area (Å²) in [6.45, 7) is 2.11. The summed E-state index contributed by atoms with van der Waals surface area (Å²) in [5.74, 6) is 0. The topological polar surface area (TPSA) is 17.1 Å². The monoisotopic (exact) mass is 322 g/mol. The van der Waals surface area contributed by atoms with Crippen LogP contribution in [0.1, 0.15) is 31.6 Å². The van der Waals surface area contributed by atoms with Crippen molar-refractivity contribution in [1.29, 1.82) is 0 Å². The number of carbonyl (C=O) groups is 1. The fourth-order valence-corrected chi connectivity index (χ4v) is 5.36. The number of aldehydes is 1. The number of fused-ring (bicyclic) bond motifs is 3. The van der Waals surface area contributed by atoms with Crippen molar-refractivity contribution < 1.29 is 4.79 Å². The van der Waals surface area contributed by atoms with Crippen LogP contribution in [0.2, 0.25) is 0 Å². The predicted molar refractivity (Wildman–Crippen MR) is 94.0 cm³/mol. The molecule has 1 aliphatic rings. The molecule has 0 fully saturated rings. The van der Waals surface area contributed by atoms with Crippen LogP contribution in [0.3, 0.4) is 0 Å². The Balaban J connectivity index is 1.94. The molecule has 22 heavy (non-hydrogen) atoms. The number of benzene rings is 2. The van der Waals surface area contributed by atoms with Gasteiger partial charge in [0.05, 0.1) is 10.1 Å². The summed E-state index contributed by atoms with van der Waals surface area (Å²) in [6.07, 6.45) is 0.963. The van der Waals surface area contributed by atoms with E-state index in [4.69, 9.17) is 0 Å². The Bertz CT molecular complexity index is 849. The standard InChI is InChI=1S/C19H14OS2/c1-12-7-8-17-15(9-12)19-16(10-14(11-20)21-19)18(22-17)13-5-3-2-4-6-13/h2-11,18H,1H3. The summed E-state index contributed by atoms with van der Waals surface area (Å²) in [5, 5.41) is 0.261. The lowest BCUT2D eigenvalue weighted by atomic mass is 10.00. The van der Waals surface area contributed by atoms with Crippen LogP contribution >= 0.6 is 23.1 Å². The van der Waals surface area contributed by atoms with Gasteiger partial charge in [0.25, 0.3) is 0 Å². The summed E-state index contributed by atoms with van der Waals surface area (Å²) >= 11 is 3.48. The van der Waals surface area contributed by atoms with Gasteiger partial charge >= 0.3 is 0 Å².